The summed E-state index contributed by atoms with van der Waals surface area (Å²) in [7, 11) is 0. The van der Waals surface area contributed by atoms with Gasteiger partial charge in [-0.2, -0.15) is 0 Å². The average Bonchev–Trinajstić information content (AvgIpc) is 3.04. The van der Waals surface area contributed by atoms with Crippen LogP contribution in [0.1, 0.15) is 31.7 Å². The van der Waals surface area contributed by atoms with E-state index in [-0.39, 0.29) is 18.5 Å². The van der Waals surface area contributed by atoms with Crippen LogP contribution in [0.2, 0.25) is 0 Å². The average molecular weight is 316 g/mol. The number of hydrogen-bond acceptors (Lipinski definition) is 3. The highest BCUT2D eigenvalue weighted by atomic mass is 16.2. The summed E-state index contributed by atoms with van der Waals surface area (Å²) in [5.41, 5.74) is 0.935. The third-order valence-electron chi connectivity index (χ3n) is 4.40. The monoisotopic (exact) mass is 316 g/mol. The molecule has 0 aliphatic carbocycles. The van der Waals surface area contributed by atoms with E-state index in [1.54, 1.807) is 4.90 Å². The van der Waals surface area contributed by atoms with Gasteiger partial charge in [0.15, 0.2) is 0 Å². The SMILES string of the molecule is CC(C)c1ccc(NC(=O)N2CCC3(C2)NC(=O)NC3=O)cc1. The van der Waals surface area contributed by atoms with E-state index in [4.69, 9.17) is 0 Å². The van der Waals surface area contributed by atoms with E-state index in [0.717, 1.165) is 0 Å². The Morgan fingerprint density at radius 3 is 2.52 bits per heavy atom. The first kappa shape index (κ1) is 15.3. The quantitative estimate of drug-likeness (QED) is 0.724. The first-order chi connectivity index (χ1) is 10.9. The Morgan fingerprint density at radius 1 is 1.26 bits per heavy atom. The molecule has 1 spiro atoms. The van der Waals surface area contributed by atoms with Crippen molar-refractivity contribution in [3.8, 4) is 0 Å². The molecule has 122 valence electrons. The number of hydrogen-bond donors (Lipinski definition) is 3. The number of likely N-dealkylation sites (tertiary alicyclic amines) is 1. The number of rotatable bonds is 2. The Hall–Kier alpha value is -2.57. The standard InChI is InChI=1S/C16H20N4O3/c1-10(2)11-3-5-12(6-4-11)17-15(23)20-8-7-16(9-20)13(21)18-14(22)19-16/h3-6,10H,7-9H2,1-2H3,(H,17,23)(H2,18,19,21,22). The van der Waals surface area contributed by atoms with Crippen LogP contribution < -0.4 is 16.0 Å². The van der Waals surface area contributed by atoms with Gasteiger partial charge in [-0.1, -0.05) is 26.0 Å². The molecule has 2 aliphatic heterocycles. The normalized spacial score (nSPS) is 23.3. The number of carbonyl (C=O) groups excluding carboxylic acids is 3. The molecule has 3 rings (SSSR count). The van der Waals surface area contributed by atoms with Gasteiger partial charge in [0.2, 0.25) is 0 Å². The van der Waals surface area contributed by atoms with Crippen LogP contribution in [0.25, 0.3) is 0 Å². The zero-order chi connectivity index (χ0) is 16.6. The fourth-order valence-electron chi connectivity index (χ4n) is 2.95. The number of imide groups is 1. The summed E-state index contributed by atoms with van der Waals surface area (Å²) in [6.07, 6.45) is 0.421. The Bertz CT molecular complexity index is 656. The Labute approximate surface area is 134 Å². The van der Waals surface area contributed by atoms with Crippen molar-refractivity contribution in [3.63, 3.8) is 0 Å². The highest BCUT2D eigenvalue weighted by molar-refractivity contribution is 6.08. The predicted octanol–water partition coefficient (Wildman–Crippen LogP) is 1.63. The van der Waals surface area contributed by atoms with E-state index in [9.17, 15) is 14.4 Å². The van der Waals surface area contributed by atoms with Gasteiger partial charge in [0.05, 0.1) is 6.54 Å². The molecule has 2 heterocycles. The van der Waals surface area contributed by atoms with Crippen LogP contribution in [-0.4, -0.2) is 41.5 Å². The number of amides is 5. The maximum Gasteiger partial charge on any atom is 0.322 e. The Balaban J connectivity index is 1.63. The summed E-state index contributed by atoms with van der Waals surface area (Å²) in [6.45, 7) is 4.82. The summed E-state index contributed by atoms with van der Waals surface area (Å²) in [5.74, 6) is 0.0711. The van der Waals surface area contributed by atoms with Crippen molar-refractivity contribution in [1.29, 1.82) is 0 Å². The molecule has 0 aromatic heterocycles. The number of carbonyl (C=O) groups is 3. The molecule has 5 amide bonds. The zero-order valence-corrected chi connectivity index (χ0v) is 13.2. The molecule has 0 bridgehead atoms. The van der Waals surface area contributed by atoms with Crippen molar-refractivity contribution >= 4 is 23.7 Å². The summed E-state index contributed by atoms with van der Waals surface area (Å²) < 4.78 is 0. The first-order valence-corrected chi connectivity index (χ1v) is 7.69. The van der Waals surface area contributed by atoms with Gasteiger partial charge >= 0.3 is 12.1 Å². The van der Waals surface area contributed by atoms with E-state index in [2.05, 4.69) is 29.8 Å². The first-order valence-electron chi connectivity index (χ1n) is 7.69. The lowest BCUT2D eigenvalue weighted by Crippen LogP contribution is -2.50. The van der Waals surface area contributed by atoms with Gasteiger partial charge in [-0.15, -0.1) is 0 Å². The van der Waals surface area contributed by atoms with Crippen molar-refractivity contribution in [2.75, 3.05) is 18.4 Å². The van der Waals surface area contributed by atoms with Gasteiger partial charge in [0.25, 0.3) is 5.91 Å². The highest BCUT2D eigenvalue weighted by Gasteiger charge is 2.51. The molecule has 2 aliphatic rings. The molecule has 7 heteroatoms. The Kier molecular flexibility index (Phi) is 3.71. The second-order valence-electron chi connectivity index (χ2n) is 6.37. The maximum atomic E-state index is 12.3. The van der Waals surface area contributed by atoms with Crippen LogP contribution in [0.15, 0.2) is 24.3 Å². The number of benzene rings is 1. The van der Waals surface area contributed by atoms with Crippen molar-refractivity contribution in [1.82, 2.24) is 15.5 Å². The third kappa shape index (κ3) is 2.86. The van der Waals surface area contributed by atoms with E-state index in [0.29, 0.717) is 24.6 Å². The lowest BCUT2D eigenvalue weighted by atomic mass is 10.00. The van der Waals surface area contributed by atoms with Crippen LogP contribution in [-0.2, 0) is 4.79 Å². The minimum Gasteiger partial charge on any atom is -0.322 e. The molecule has 2 fully saturated rings. The van der Waals surface area contributed by atoms with Crippen molar-refractivity contribution in [2.24, 2.45) is 0 Å². The molecule has 3 N–H and O–H groups in total. The molecule has 2 saturated heterocycles. The molecule has 1 aromatic rings. The van der Waals surface area contributed by atoms with Crippen LogP contribution in [0, 0.1) is 0 Å². The molecule has 23 heavy (non-hydrogen) atoms. The highest BCUT2D eigenvalue weighted by Crippen LogP contribution is 2.25. The second kappa shape index (κ2) is 5.57. The van der Waals surface area contributed by atoms with Crippen LogP contribution in [0.4, 0.5) is 15.3 Å². The Morgan fingerprint density at radius 2 is 1.96 bits per heavy atom. The van der Waals surface area contributed by atoms with Gasteiger partial charge in [-0.3, -0.25) is 10.1 Å². The number of urea groups is 2. The predicted molar refractivity (Wildman–Crippen MR) is 85.1 cm³/mol. The molecule has 1 unspecified atom stereocenters. The lowest BCUT2D eigenvalue weighted by Gasteiger charge is -2.21. The molecule has 1 atom stereocenters. The molecular formula is C16H20N4O3. The zero-order valence-electron chi connectivity index (χ0n) is 13.2. The van der Waals surface area contributed by atoms with Crippen molar-refractivity contribution in [3.05, 3.63) is 29.8 Å². The van der Waals surface area contributed by atoms with E-state index in [1.807, 2.05) is 24.3 Å². The maximum absolute atomic E-state index is 12.3. The van der Waals surface area contributed by atoms with Crippen molar-refractivity contribution < 1.29 is 14.4 Å². The third-order valence-corrected chi connectivity index (χ3v) is 4.40. The van der Waals surface area contributed by atoms with Crippen LogP contribution in [0.3, 0.4) is 0 Å². The van der Waals surface area contributed by atoms with E-state index >= 15 is 0 Å². The topological polar surface area (TPSA) is 90.5 Å². The lowest BCUT2D eigenvalue weighted by molar-refractivity contribution is -0.123. The minimum absolute atomic E-state index is 0.181. The molecule has 0 saturated carbocycles. The summed E-state index contributed by atoms with van der Waals surface area (Å²) in [6, 6.07) is 6.92. The number of anilines is 1. The van der Waals surface area contributed by atoms with Crippen LogP contribution in [0.5, 0.6) is 0 Å². The fourth-order valence-corrected chi connectivity index (χ4v) is 2.95. The van der Waals surface area contributed by atoms with Crippen LogP contribution >= 0.6 is 0 Å². The van der Waals surface area contributed by atoms with Gasteiger partial charge in [-0.25, -0.2) is 9.59 Å². The molecule has 7 nitrogen and oxygen atoms in total. The van der Waals surface area contributed by atoms with Gasteiger partial charge < -0.3 is 15.5 Å². The van der Waals surface area contributed by atoms with Crippen molar-refractivity contribution in [2.45, 2.75) is 31.7 Å². The van der Waals surface area contributed by atoms with E-state index < -0.39 is 11.6 Å². The molecular weight excluding hydrogens is 296 g/mol. The minimum atomic E-state index is -0.976. The van der Waals surface area contributed by atoms with Gasteiger partial charge in [0.1, 0.15) is 5.54 Å². The number of nitrogens with one attached hydrogen (secondary N) is 3. The number of nitrogens with zero attached hydrogens (tertiary/aromatic N) is 1. The summed E-state index contributed by atoms with van der Waals surface area (Å²) >= 11 is 0. The fraction of sp³-hybridized carbons (Fsp3) is 0.438. The van der Waals surface area contributed by atoms with Gasteiger partial charge in [-0.05, 0) is 30.0 Å². The molecule has 0 radical (unpaired) electrons. The summed E-state index contributed by atoms with van der Waals surface area (Å²) in [5, 5.41) is 7.68. The smallest absolute Gasteiger partial charge is 0.322 e. The largest absolute Gasteiger partial charge is 0.322 e. The molecule has 1 aromatic carbocycles. The van der Waals surface area contributed by atoms with Gasteiger partial charge in [0, 0.05) is 12.2 Å². The van der Waals surface area contributed by atoms with E-state index in [1.165, 1.54) is 5.56 Å². The summed E-state index contributed by atoms with van der Waals surface area (Å²) in [4.78, 5) is 37.1. The second-order valence-corrected chi connectivity index (χ2v) is 6.37.